The molecule has 0 unspecified atom stereocenters. The van der Waals surface area contributed by atoms with Gasteiger partial charge in [0, 0.05) is 44.4 Å². The predicted octanol–water partition coefficient (Wildman–Crippen LogP) is 1.98. The number of piperidine rings is 2. The summed E-state index contributed by atoms with van der Waals surface area (Å²) in [5.41, 5.74) is 0.553. The summed E-state index contributed by atoms with van der Waals surface area (Å²) in [5, 5.41) is 14.7. The number of carbonyl (C=O) groups is 1. The van der Waals surface area contributed by atoms with Gasteiger partial charge in [0.05, 0.1) is 18.8 Å². The van der Waals surface area contributed by atoms with Gasteiger partial charge < -0.3 is 24.2 Å². The number of aliphatic hydroxyl groups is 1. The standard InChI is InChI=1S/C22H30N4O4/c1-25-13-10-18(27)22(14-25)11-5-12-26(15-22)20(28)9-8-19-23-21(24-30-19)16-6-3-4-7-17(16)29-2/h3-4,6-7,18,27H,5,8-15H2,1-2H3/t18-,22-/m0/s1. The Kier molecular flexibility index (Phi) is 6.06. The average Bonchev–Trinajstić information content (AvgIpc) is 3.24. The first-order chi connectivity index (χ1) is 14.5. The van der Waals surface area contributed by atoms with Crippen molar-refractivity contribution < 1.29 is 19.2 Å². The van der Waals surface area contributed by atoms with E-state index in [1.54, 1.807) is 7.11 Å². The maximum absolute atomic E-state index is 12.9. The Hall–Kier alpha value is -2.45. The molecule has 1 N–H and O–H groups in total. The summed E-state index contributed by atoms with van der Waals surface area (Å²) in [6, 6.07) is 7.49. The summed E-state index contributed by atoms with van der Waals surface area (Å²) in [7, 11) is 3.69. The molecule has 1 aromatic heterocycles. The van der Waals surface area contributed by atoms with E-state index in [4.69, 9.17) is 9.26 Å². The van der Waals surface area contributed by atoms with Crippen molar-refractivity contribution in [2.45, 2.75) is 38.2 Å². The molecular formula is C22H30N4O4. The summed E-state index contributed by atoms with van der Waals surface area (Å²) in [6.07, 6.45) is 3.03. The fourth-order valence-electron chi connectivity index (χ4n) is 4.81. The quantitative estimate of drug-likeness (QED) is 0.800. The minimum atomic E-state index is -0.344. The van der Waals surface area contributed by atoms with Crippen molar-refractivity contribution in [1.29, 1.82) is 0 Å². The fourth-order valence-corrected chi connectivity index (χ4v) is 4.81. The molecule has 0 radical (unpaired) electrons. The number of amides is 1. The smallest absolute Gasteiger partial charge is 0.227 e. The monoisotopic (exact) mass is 414 g/mol. The third-order valence-electron chi connectivity index (χ3n) is 6.41. The van der Waals surface area contributed by atoms with Gasteiger partial charge in [-0.25, -0.2) is 0 Å². The first kappa shape index (κ1) is 20.8. The van der Waals surface area contributed by atoms with Crippen LogP contribution in [0.25, 0.3) is 11.4 Å². The van der Waals surface area contributed by atoms with E-state index in [0.29, 0.717) is 36.9 Å². The van der Waals surface area contributed by atoms with Crippen LogP contribution in [0.1, 0.15) is 31.6 Å². The highest BCUT2D eigenvalue weighted by Gasteiger charge is 2.45. The highest BCUT2D eigenvalue weighted by Crippen LogP contribution is 2.38. The minimum Gasteiger partial charge on any atom is -0.496 e. The molecule has 4 rings (SSSR count). The van der Waals surface area contributed by atoms with Crippen LogP contribution < -0.4 is 4.74 Å². The lowest BCUT2D eigenvalue weighted by atomic mass is 9.71. The number of methoxy groups -OCH3 is 1. The number of aromatic nitrogens is 2. The second-order valence-electron chi connectivity index (χ2n) is 8.54. The molecule has 162 valence electrons. The van der Waals surface area contributed by atoms with Gasteiger partial charge >= 0.3 is 0 Å². The number of likely N-dealkylation sites (tertiary alicyclic amines) is 2. The van der Waals surface area contributed by atoms with Gasteiger partial charge in [0.1, 0.15) is 5.75 Å². The Bertz CT molecular complexity index is 886. The summed E-state index contributed by atoms with van der Waals surface area (Å²) in [6.45, 7) is 3.10. The van der Waals surface area contributed by atoms with E-state index < -0.39 is 0 Å². The lowest BCUT2D eigenvalue weighted by Gasteiger charge is -2.50. The first-order valence-corrected chi connectivity index (χ1v) is 10.6. The molecule has 1 spiro atoms. The molecule has 2 aromatic rings. The molecule has 1 aromatic carbocycles. The zero-order valence-corrected chi connectivity index (χ0v) is 17.7. The van der Waals surface area contributed by atoms with E-state index in [9.17, 15) is 9.90 Å². The highest BCUT2D eigenvalue weighted by atomic mass is 16.5. The first-order valence-electron chi connectivity index (χ1n) is 10.6. The average molecular weight is 415 g/mol. The molecule has 30 heavy (non-hydrogen) atoms. The Morgan fingerprint density at radius 2 is 2.17 bits per heavy atom. The lowest BCUT2D eigenvalue weighted by Crippen LogP contribution is -2.59. The van der Waals surface area contributed by atoms with Crippen molar-refractivity contribution in [2.75, 3.05) is 40.3 Å². The van der Waals surface area contributed by atoms with E-state index in [0.717, 1.165) is 44.5 Å². The summed E-state index contributed by atoms with van der Waals surface area (Å²) >= 11 is 0. The zero-order chi connectivity index (χ0) is 21.1. The van der Waals surface area contributed by atoms with Gasteiger partial charge in [-0.15, -0.1) is 0 Å². The maximum Gasteiger partial charge on any atom is 0.227 e. The molecule has 8 nitrogen and oxygen atoms in total. The van der Waals surface area contributed by atoms with Gasteiger partial charge in [0.2, 0.25) is 17.6 Å². The number of hydrogen-bond donors (Lipinski definition) is 1. The normalized spacial score (nSPS) is 24.9. The van der Waals surface area contributed by atoms with Crippen molar-refractivity contribution in [1.82, 2.24) is 19.9 Å². The molecule has 2 fully saturated rings. The molecule has 8 heteroatoms. The second-order valence-corrected chi connectivity index (χ2v) is 8.54. The van der Waals surface area contributed by atoms with Crippen molar-refractivity contribution in [2.24, 2.45) is 5.41 Å². The van der Waals surface area contributed by atoms with Crippen LogP contribution in [0.4, 0.5) is 0 Å². The van der Waals surface area contributed by atoms with E-state index in [1.165, 1.54) is 0 Å². The Morgan fingerprint density at radius 3 is 3.00 bits per heavy atom. The zero-order valence-electron chi connectivity index (χ0n) is 17.7. The Morgan fingerprint density at radius 1 is 1.33 bits per heavy atom. The number of aliphatic hydroxyl groups excluding tert-OH is 1. The molecule has 0 bridgehead atoms. The van der Waals surface area contributed by atoms with E-state index in [-0.39, 0.29) is 17.4 Å². The van der Waals surface area contributed by atoms with Crippen molar-refractivity contribution in [3.63, 3.8) is 0 Å². The summed E-state index contributed by atoms with van der Waals surface area (Å²) < 4.78 is 10.7. The number of rotatable bonds is 5. The lowest BCUT2D eigenvalue weighted by molar-refractivity contribution is -0.140. The molecule has 3 heterocycles. The van der Waals surface area contributed by atoms with Gasteiger partial charge in [-0.3, -0.25) is 4.79 Å². The third-order valence-corrected chi connectivity index (χ3v) is 6.41. The number of carbonyl (C=O) groups excluding carboxylic acids is 1. The van der Waals surface area contributed by atoms with Gasteiger partial charge in [0.25, 0.3) is 0 Å². The number of nitrogens with zero attached hydrogens (tertiary/aromatic N) is 4. The van der Waals surface area contributed by atoms with Crippen LogP contribution in [0.5, 0.6) is 5.75 Å². The molecule has 2 atom stereocenters. The van der Waals surface area contributed by atoms with Crippen LogP contribution in [0.15, 0.2) is 28.8 Å². The van der Waals surface area contributed by atoms with Crippen molar-refractivity contribution >= 4 is 5.91 Å². The summed E-state index contributed by atoms with van der Waals surface area (Å²) in [4.78, 5) is 21.5. The van der Waals surface area contributed by atoms with Crippen LogP contribution in [-0.4, -0.2) is 77.4 Å². The fraction of sp³-hybridized carbons (Fsp3) is 0.591. The predicted molar refractivity (Wildman–Crippen MR) is 111 cm³/mol. The molecule has 0 aliphatic carbocycles. The molecule has 1 amide bonds. The second kappa shape index (κ2) is 8.73. The van der Waals surface area contributed by atoms with Crippen LogP contribution in [0.2, 0.25) is 0 Å². The number of ether oxygens (including phenoxy) is 1. The van der Waals surface area contributed by atoms with Crippen molar-refractivity contribution in [3.8, 4) is 17.1 Å². The number of benzene rings is 1. The molecule has 2 aliphatic heterocycles. The van der Waals surface area contributed by atoms with E-state index >= 15 is 0 Å². The molecular weight excluding hydrogens is 384 g/mol. The van der Waals surface area contributed by atoms with Gasteiger partial charge in [-0.05, 0) is 38.4 Å². The van der Waals surface area contributed by atoms with Crippen LogP contribution in [0.3, 0.4) is 0 Å². The van der Waals surface area contributed by atoms with Crippen molar-refractivity contribution in [3.05, 3.63) is 30.2 Å². The third kappa shape index (κ3) is 4.20. The van der Waals surface area contributed by atoms with Gasteiger partial charge in [-0.1, -0.05) is 17.3 Å². The Labute approximate surface area is 176 Å². The van der Waals surface area contributed by atoms with Crippen LogP contribution >= 0.6 is 0 Å². The minimum absolute atomic E-state index is 0.0755. The molecule has 0 saturated carbocycles. The largest absolute Gasteiger partial charge is 0.496 e. The van der Waals surface area contributed by atoms with Crippen LogP contribution in [-0.2, 0) is 11.2 Å². The van der Waals surface area contributed by atoms with Crippen LogP contribution in [0, 0.1) is 5.41 Å². The van der Waals surface area contributed by atoms with Gasteiger partial charge in [-0.2, -0.15) is 4.98 Å². The molecule has 2 aliphatic rings. The SMILES string of the molecule is COc1ccccc1-c1noc(CCC(=O)N2CCC[C@]3(CN(C)CC[C@@H]3O)C2)n1. The number of aryl methyl sites for hydroxylation is 1. The van der Waals surface area contributed by atoms with E-state index in [2.05, 4.69) is 22.1 Å². The molecule has 2 saturated heterocycles. The maximum atomic E-state index is 12.9. The van der Waals surface area contributed by atoms with E-state index in [1.807, 2.05) is 29.2 Å². The Balaban J connectivity index is 1.37. The topological polar surface area (TPSA) is 91.9 Å². The summed E-state index contributed by atoms with van der Waals surface area (Å²) in [5.74, 6) is 1.65. The van der Waals surface area contributed by atoms with Gasteiger partial charge in [0.15, 0.2) is 0 Å². The number of para-hydroxylation sites is 1. The highest BCUT2D eigenvalue weighted by molar-refractivity contribution is 5.76. The number of hydrogen-bond acceptors (Lipinski definition) is 7.